The molecule has 0 atom stereocenters. The molecule has 1 aliphatic carbocycles. The third kappa shape index (κ3) is 3.84. The summed E-state index contributed by atoms with van der Waals surface area (Å²) in [5.74, 6) is 0. The molecule has 0 saturated carbocycles. The van der Waals surface area contributed by atoms with E-state index in [0.29, 0.717) is 12.5 Å². The predicted octanol–water partition coefficient (Wildman–Crippen LogP) is 5.16. The van der Waals surface area contributed by atoms with Gasteiger partial charge in [0, 0.05) is 11.6 Å². The Morgan fingerprint density at radius 2 is 1.81 bits per heavy atom. The van der Waals surface area contributed by atoms with Crippen LogP contribution in [0.2, 0.25) is 0 Å². The van der Waals surface area contributed by atoms with Crippen molar-refractivity contribution < 1.29 is 18.1 Å². The number of alkyl halides is 3. The molecule has 2 aromatic carbocycles. The highest BCUT2D eigenvalue weighted by atomic mass is 19.4. The molecule has 26 heavy (non-hydrogen) atoms. The SMILES string of the molecule is O=[N+]([O-])c1cc(C(F)(F)F)ccc1N/N=C1\CCCCc2ccccc21. The van der Waals surface area contributed by atoms with E-state index in [0.717, 1.165) is 48.2 Å². The lowest BCUT2D eigenvalue weighted by Crippen LogP contribution is -2.08. The fraction of sp³-hybridized carbons (Fsp3) is 0.278. The van der Waals surface area contributed by atoms with Crippen LogP contribution in [0.4, 0.5) is 24.5 Å². The molecule has 0 unspecified atom stereocenters. The topological polar surface area (TPSA) is 67.5 Å². The van der Waals surface area contributed by atoms with Gasteiger partial charge in [0.2, 0.25) is 0 Å². The van der Waals surface area contributed by atoms with Crippen LogP contribution >= 0.6 is 0 Å². The third-order valence-corrected chi connectivity index (χ3v) is 4.27. The molecule has 0 aromatic heterocycles. The van der Waals surface area contributed by atoms with E-state index in [2.05, 4.69) is 10.5 Å². The zero-order valence-corrected chi connectivity index (χ0v) is 13.7. The molecule has 1 aliphatic rings. The van der Waals surface area contributed by atoms with Crippen molar-refractivity contribution >= 4 is 17.1 Å². The Kier molecular flexibility index (Phi) is 4.92. The number of nitro benzene ring substituents is 1. The second-order valence-electron chi connectivity index (χ2n) is 6.02. The minimum absolute atomic E-state index is 0.0720. The smallest absolute Gasteiger partial charge is 0.271 e. The van der Waals surface area contributed by atoms with E-state index in [-0.39, 0.29) is 5.69 Å². The molecule has 0 saturated heterocycles. The summed E-state index contributed by atoms with van der Waals surface area (Å²) in [7, 11) is 0. The van der Waals surface area contributed by atoms with Crippen LogP contribution in [0.5, 0.6) is 0 Å². The minimum Gasteiger partial charge on any atom is -0.271 e. The lowest BCUT2D eigenvalue weighted by atomic mass is 10.0. The Hall–Kier alpha value is -2.90. The van der Waals surface area contributed by atoms with Crippen LogP contribution in [0.25, 0.3) is 0 Å². The number of nitro groups is 1. The maximum Gasteiger partial charge on any atom is 0.416 e. The molecule has 136 valence electrons. The van der Waals surface area contributed by atoms with Crippen LogP contribution < -0.4 is 5.43 Å². The first-order chi connectivity index (χ1) is 12.4. The Balaban J connectivity index is 1.94. The molecule has 5 nitrogen and oxygen atoms in total. The highest BCUT2D eigenvalue weighted by molar-refractivity contribution is 6.02. The summed E-state index contributed by atoms with van der Waals surface area (Å²) in [6.45, 7) is 0. The Bertz CT molecular complexity index is 863. The van der Waals surface area contributed by atoms with E-state index < -0.39 is 22.4 Å². The number of nitrogens with one attached hydrogen (secondary N) is 1. The average Bonchev–Trinajstić information content (AvgIpc) is 2.81. The average molecular weight is 363 g/mol. The Morgan fingerprint density at radius 1 is 1.08 bits per heavy atom. The van der Waals surface area contributed by atoms with E-state index in [1.807, 2.05) is 24.3 Å². The van der Waals surface area contributed by atoms with E-state index in [1.54, 1.807) is 0 Å². The van der Waals surface area contributed by atoms with Gasteiger partial charge in [-0.2, -0.15) is 18.3 Å². The number of hydrogen-bond acceptors (Lipinski definition) is 4. The number of rotatable bonds is 3. The van der Waals surface area contributed by atoms with Gasteiger partial charge in [-0.05, 0) is 43.4 Å². The first-order valence-corrected chi connectivity index (χ1v) is 8.13. The van der Waals surface area contributed by atoms with Gasteiger partial charge in [-0.3, -0.25) is 15.5 Å². The monoisotopic (exact) mass is 363 g/mol. The van der Waals surface area contributed by atoms with Crippen molar-refractivity contribution in [2.75, 3.05) is 5.43 Å². The van der Waals surface area contributed by atoms with Crippen LogP contribution in [0.1, 0.15) is 36.0 Å². The van der Waals surface area contributed by atoms with E-state index in [4.69, 9.17) is 0 Å². The zero-order valence-electron chi connectivity index (χ0n) is 13.7. The molecular formula is C18H16F3N3O2. The summed E-state index contributed by atoms with van der Waals surface area (Å²) in [6.07, 6.45) is -1.09. The van der Waals surface area contributed by atoms with Gasteiger partial charge in [-0.1, -0.05) is 24.3 Å². The molecule has 3 rings (SSSR count). The molecule has 0 radical (unpaired) electrons. The minimum atomic E-state index is -4.64. The van der Waals surface area contributed by atoms with Crippen molar-refractivity contribution in [1.82, 2.24) is 0 Å². The highest BCUT2D eigenvalue weighted by Gasteiger charge is 2.33. The molecule has 8 heteroatoms. The number of aryl methyl sites for hydroxylation is 1. The van der Waals surface area contributed by atoms with Crippen LogP contribution in [0.3, 0.4) is 0 Å². The van der Waals surface area contributed by atoms with Gasteiger partial charge in [0.25, 0.3) is 5.69 Å². The molecule has 0 amide bonds. The summed E-state index contributed by atoms with van der Waals surface area (Å²) in [5.41, 5.74) is 3.64. The van der Waals surface area contributed by atoms with Crippen LogP contribution in [0, 0.1) is 10.1 Å². The summed E-state index contributed by atoms with van der Waals surface area (Å²) in [4.78, 5) is 10.3. The van der Waals surface area contributed by atoms with Gasteiger partial charge in [0.1, 0.15) is 5.69 Å². The number of fused-ring (bicyclic) bond motifs is 1. The van der Waals surface area contributed by atoms with E-state index in [1.165, 1.54) is 0 Å². The van der Waals surface area contributed by atoms with Crippen LogP contribution in [0.15, 0.2) is 47.6 Å². The number of benzene rings is 2. The molecule has 0 spiro atoms. The molecule has 0 fully saturated rings. The fourth-order valence-electron chi connectivity index (χ4n) is 2.96. The Morgan fingerprint density at radius 3 is 2.54 bits per heavy atom. The molecule has 0 aliphatic heterocycles. The fourth-order valence-corrected chi connectivity index (χ4v) is 2.96. The number of halogens is 3. The zero-order chi connectivity index (χ0) is 18.7. The van der Waals surface area contributed by atoms with Gasteiger partial charge < -0.3 is 0 Å². The number of nitrogens with zero attached hydrogens (tertiary/aromatic N) is 2. The maximum absolute atomic E-state index is 12.8. The summed E-state index contributed by atoms with van der Waals surface area (Å²) in [6, 6.07) is 10.1. The standard InChI is InChI=1S/C18H16F3N3O2/c19-18(20,21)13-9-10-16(17(11-13)24(25)26)23-22-15-8-4-2-6-12-5-1-3-7-14(12)15/h1,3,5,7,9-11,23H,2,4,6,8H2/b22-15+. The van der Waals surface area contributed by atoms with Gasteiger partial charge in [0.15, 0.2) is 0 Å². The van der Waals surface area contributed by atoms with Gasteiger partial charge >= 0.3 is 6.18 Å². The van der Waals surface area contributed by atoms with Crippen molar-refractivity contribution in [3.63, 3.8) is 0 Å². The van der Waals surface area contributed by atoms with Crippen LogP contribution in [-0.2, 0) is 12.6 Å². The lowest BCUT2D eigenvalue weighted by Gasteiger charge is -2.10. The maximum atomic E-state index is 12.8. The van der Waals surface area contributed by atoms with Gasteiger partial charge in [-0.15, -0.1) is 0 Å². The van der Waals surface area contributed by atoms with Crippen LogP contribution in [-0.4, -0.2) is 10.6 Å². The molecule has 1 N–H and O–H groups in total. The molecule has 0 heterocycles. The van der Waals surface area contributed by atoms with Crippen molar-refractivity contribution in [2.24, 2.45) is 5.10 Å². The number of anilines is 1. The quantitative estimate of drug-likeness (QED) is 0.465. The molecule has 2 aromatic rings. The van der Waals surface area contributed by atoms with E-state index in [9.17, 15) is 23.3 Å². The van der Waals surface area contributed by atoms with E-state index >= 15 is 0 Å². The van der Waals surface area contributed by atoms with Crippen molar-refractivity contribution in [3.8, 4) is 0 Å². The third-order valence-electron chi connectivity index (χ3n) is 4.27. The second-order valence-corrected chi connectivity index (χ2v) is 6.02. The van der Waals surface area contributed by atoms with Gasteiger partial charge in [-0.25, -0.2) is 0 Å². The number of hydrogen-bond donors (Lipinski definition) is 1. The lowest BCUT2D eigenvalue weighted by molar-refractivity contribution is -0.384. The summed E-state index contributed by atoms with van der Waals surface area (Å²) >= 11 is 0. The normalized spacial score (nSPS) is 16.0. The van der Waals surface area contributed by atoms with Gasteiger partial charge in [0.05, 0.1) is 16.2 Å². The number of hydrazone groups is 1. The first-order valence-electron chi connectivity index (χ1n) is 8.13. The summed E-state index contributed by atoms with van der Waals surface area (Å²) < 4.78 is 38.3. The molecular weight excluding hydrogens is 347 g/mol. The van der Waals surface area contributed by atoms with Crippen molar-refractivity contribution in [2.45, 2.75) is 31.9 Å². The summed E-state index contributed by atoms with van der Waals surface area (Å²) in [5, 5.41) is 15.4. The van der Waals surface area contributed by atoms with Crippen molar-refractivity contribution in [3.05, 3.63) is 69.3 Å². The first kappa shape index (κ1) is 17.9. The second kappa shape index (κ2) is 7.15. The predicted molar refractivity (Wildman–Crippen MR) is 92.3 cm³/mol. The molecule has 0 bridgehead atoms. The Labute approximate surface area is 147 Å². The highest BCUT2D eigenvalue weighted by Crippen LogP contribution is 2.35. The van der Waals surface area contributed by atoms with Crippen molar-refractivity contribution in [1.29, 1.82) is 0 Å². The largest absolute Gasteiger partial charge is 0.416 e.